The summed E-state index contributed by atoms with van der Waals surface area (Å²) in [5.74, 6) is 5.29. The summed E-state index contributed by atoms with van der Waals surface area (Å²) in [5, 5.41) is 0. The molecular formula is C14H22F3N3O. The molecule has 0 aromatic heterocycles. The SMILES string of the molecule is CCN(CC)CCC(NN)c1cccc(OC(F)(F)F)c1. The van der Waals surface area contributed by atoms with Gasteiger partial charge in [-0.2, -0.15) is 0 Å². The van der Waals surface area contributed by atoms with Crippen LogP contribution in [0.4, 0.5) is 13.2 Å². The Morgan fingerprint density at radius 1 is 1.29 bits per heavy atom. The smallest absolute Gasteiger partial charge is 0.406 e. The molecule has 0 spiro atoms. The first-order valence-corrected chi connectivity index (χ1v) is 6.93. The van der Waals surface area contributed by atoms with E-state index in [0.29, 0.717) is 12.0 Å². The standard InChI is InChI=1S/C14H22F3N3O/c1-3-20(4-2)9-8-13(19-18)11-6-5-7-12(10-11)21-14(15,16)17/h5-7,10,13,19H,3-4,8-9,18H2,1-2H3. The molecule has 0 fully saturated rings. The van der Waals surface area contributed by atoms with E-state index in [1.54, 1.807) is 6.07 Å². The van der Waals surface area contributed by atoms with Crippen LogP contribution in [0.15, 0.2) is 24.3 Å². The maximum absolute atomic E-state index is 12.2. The Hall–Kier alpha value is -1.31. The number of nitrogens with zero attached hydrogens (tertiary/aromatic N) is 1. The Bertz CT molecular complexity index is 422. The van der Waals surface area contributed by atoms with Gasteiger partial charge in [0, 0.05) is 6.04 Å². The van der Waals surface area contributed by atoms with Crippen molar-refractivity contribution in [1.29, 1.82) is 0 Å². The van der Waals surface area contributed by atoms with Gasteiger partial charge in [0.25, 0.3) is 0 Å². The van der Waals surface area contributed by atoms with E-state index >= 15 is 0 Å². The summed E-state index contributed by atoms with van der Waals surface area (Å²) in [7, 11) is 0. The number of hydrazine groups is 1. The van der Waals surface area contributed by atoms with E-state index in [-0.39, 0.29) is 11.8 Å². The molecule has 0 aliphatic rings. The van der Waals surface area contributed by atoms with Crippen LogP contribution >= 0.6 is 0 Å². The zero-order valence-electron chi connectivity index (χ0n) is 12.3. The number of benzene rings is 1. The van der Waals surface area contributed by atoms with Crippen LogP contribution in [0, 0.1) is 0 Å². The van der Waals surface area contributed by atoms with Gasteiger partial charge in [-0.25, -0.2) is 0 Å². The molecule has 7 heteroatoms. The molecule has 0 saturated heterocycles. The molecule has 3 N–H and O–H groups in total. The molecule has 1 atom stereocenters. The predicted molar refractivity (Wildman–Crippen MR) is 75.6 cm³/mol. The van der Waals surface area contributed by atoms with Gasteiger partial charge in [0.15, 0.2) is 0 Å². The van der Waals surface area contributed by atoms with Gasteiger partial charge < -0.3 is 9.64 Å². The Kier molecular flexibility index (Phi) is 6.94. The summed E-state index contributed by atoms with van der Waals surface area (Å²) in [6, 6.07) is 5.67. The van der Waals surface area contributed by atoms with Crippen LogP contribution in [0.2, 0.25) is 0 Å². The van der Waals surface area contributed by atoms with Crippen molar-refractivity contribution < 1.29 is 17.9 Å². The molecule has 21 heavy (non-hydrogen) atoms. The van der Waals surface area contributed by atoms with E-state index in [9.17, 15) is 13.2 Å². The van der Waals surface area contributed by atoms with E-state index in [4.69, 9.17) is 5.84 Å². The van der Waals surface area contributed by atoms with E-state index in [2.05, 4.69) is 28.9 Å². The highest BCUT2D eigenvalue weighted by Crippen LogP contribution is 2.26. The second-order valence-electron chi connectivity index (χ2n) is 4.66. The van der Waals surface area contributed by atoms with Crippen molar-refractivity contribution in [2.24, 2.45) is 5.84 Å². The van der Waals surface area contributed by atoms with Gasteiger partial charge in [-0.05, 0) is 43.8 Å². The minimum absolute atomic E-state index is 0.220. The molecule has 120 valence electrons. The number of alkyl halides is 3. The summed E-state index contributed by atoms with van der Waals surface area (Å²) in [6.07, 6.45) is -3.99. The molecule has 1 unspecified atom stereocenters. The van der Waals surface area contributed by atoms with E-state index in [1.165, 1.54) is 18.2 Å². The molecule has 1 rings (SSSR count). The predicted octanol–water partition coefficient (Wildman–Crippen LogP) is 2.82. The number of ether oxygens (including phenoxy) is 1. The monoisotopic (exact) mass is 305 g/mol. The van der Waals surface area contributed by atoms with Crippen molar-refractivity contribution in [3.63, 3.8) is 0 Å². The van der Waals surface area contributed by atoms with Gasteiger partial charge in [-0.3, -0.25) is 11.3 Å². The number of rotatable bonds is 8. The second kappa shape index (κ2) is 8.21. The molecule has 1 aromatic carbocycles. The molecule has 0 saturated carbocycles. The van der Waals surface area contributed by atoms with Crippen LogP contribution in [0.5, 0.6) is 5.75 Å². The second-order valence-corrected chi connectivity index (χ2v) is 4.66. The molecule has 4 nitrogen and oxygen atoms in total. The van der Waals surface area contributed by atoms with Gasteiger partial charge in [0.1, 0.15) is 5.75 Å². The van der Waals surface area contributed by atoms with Gasteiger partial charge in [0.2, 0.25) is 0 Å². The first-order chi connectivity index (χ1) is 9.89. The highest BCUT2D eigenvalue weighted by atomic mass is 19.4. The summed E-state index contributed by atoms with van der Waals surface area (Å²) in [6.45, 7) is 6.78. The third kappa shape index (κ3) is 6.33. The Morgan fingerprint density at radius 2 is 1.95 bits per heavy atom. The van der Waals surface area contributed by atoms with Crippen LogP contribution < -0.4 is 16.0 Å². The number of nitrogens with one attached hydrogen (secondary N) is 1. The van der Waals surface area contributed by atoms with Crippen LogP contribution in [0.25, 0.3) is 0 Å². The van der Waals surface area contributed by atoms with Crippen LogP contribution in [0.1, 0.15) is 31.9 Å². The lowest BCUT2D eigenvalue weighted by Crippen LogP contribution is -2.32. The number of nitrogens with two attached hydrogens (primary N) is 1. The molecule has 0 amide bonds. The fraction of sp³-hybridized carbons (Fsp3) is 0.571. The van der Waals surface area contributed by atoms with E-state index in [1.807, 2.05) is 0 Å². The lowest BCUT2D eigenvalue weighted by molar-refractivity contribution is -0.274. The quantitative estimate of drug-likeness (QED) is 0.573. The topological polar surface area (TPSA) is 50.5 Å². The number of hydrogen-bond acceptors (Lipinski definition) is 4. The lowest BCUT2D eigenvalue weighted by atomic mass is 10.0. The third-order valence-corrected chi connectivity index (χ3v) is 3.32. The van der Waals surface area contributed by atoms with Crippen LogP contribution in [-0.2, 0) is 0 Å². The van der Waals surface area contributed by atoms with Crippen molar-refractivity contribution in [1.82, 2.24) is 10.3 Å². The maximum atomic E-state index is 12.2. The molecule has 0 radical (unpaired) electrons. The average molecular weight is 305 g/mol. The summed E-state index contributed by atoms with van der Waals surface area (Å²) in [4.78, 5) is 2.22. The zero-order chi connectivity index (χ0) is 15.9. The molecule has 1 aromatic rings. The summed E-state index contributed by atoms with van der Waals surface area (Å²) >= 11 is 0. The minimum Gasteiger partial charge on any atom is -0.406 e. The van der Waals surface area contributed by atoms with Crippen molar-refractivity contribution in [2.45, 2.75) is 32.7 Å². The Labute approximate surface area is 123 Å². The van der Waals surface area contributed by atoms with Gasteiger partial charge in [0.05, 0.1) is 0 Å². The van der Waals surface area contributed by atoms with E-state index < -0.39 is 6.36 Å². The molecule has 0 bridgehead atoms. The fourth-order valence-corrected chi connectivity index (χ4v) is 2.13. The zero-order valence-corrected chi connectivity index (χ0v) is 12.3. The summed E-state index contributed by atoms with van der Waals surface area (Å²) in [5.41, 5.74) is 3.32. The van der Waals surface area contributed by atoms with Crippen molar-refractivity contribution in [3.05, 3.63) is 29.8 Å². The Morgan fingerprint density at radius 3 is 2.48 bits per heavy atom. The number of halogens is 3. The van der Waals surface area contributed by atoms with E-state index in [0.717, 1.165) is 19.6 Å². The largest absolute Gasteiger partial charge is 0.573 e. The fourth-order valence-electron chi connectivity index (χ4n) is 2.13. The van der Waals surface area contributed by atoms with Gasteiger partial charge in [-0.15, -0.1) is 13.2 Å². The van der Waals surface area contributed by atoms with Gasteiger partial charge in [-0.1, -0.05) is 26.0 Å². The van der Waals surface area contributed by atoms with Crippen molar-refractivity contribution in [2.75, 3.05) is 19.6 Å². The Balaban J connectivity index is 2.74. The molecule has 0 heterocycles. The lowest BCUT2D eigenvalue weighted by Gasteiger charge is -2.23. The average Bonchev–Trinajstić information content (AvgIpc) is 2.42. The molecule has 0 aliphatic carbocycles. The molecule has 0 aliphatic heterocycles. The highest BCUT2D eigenvalue weighted by molar-refractivity contribution is 5.30. The first-order valence-electron chi connectivity index (χ1n) is 6.93. The maximum Gasteiger partial charge on any atom is 0.573 e. The van der Waals surface area contributed by atoms with Crippen molar-refractivity contribution >= 4 is 0 Å². The number of hydrogen-bond donors (Lipinski definition) is 2. The van der Waals surface area contributed by atoms with Gasteiger partial charge >= 0.3 is 6.36 Å². The normalized spacial score (nSPS) is 13.5. The molecular weight excluding hydrogens is 283 g/mol. The highest BCUT2D eigenvalue weighted by Gasteiger charge is 2.31. The third-order valence-electron chi connectivity index (χ3n) is 3.32. The first kappa shape index (κ1) is 17.7. The summed E-state index contributed by atoms with van der Waals surface area (Å²) < 4.78 is 40.6. The minimum atomic E-state index is -4.69. The van der Waals surface area contributed by atoms with Crippen molar-refractivity contribution in [3.8, 4) is 5.75 Å². The van der Waals surface area contributed by atoms with Crippen LogP contribution in [-0.4, -0.2) is 30.9 Å². The van der Waals surface area contributed by atoms with Crippen LogP contribution in [0.3, 0.4) is 0 Å².